The second-order valence-corrected chi connectivity index (χ2v) is 6.07. The number of nitrogens with one attached hydrogen (secondary N) is 1. The van der Waals surface area contributed by atoms with E-state index < -0.39 is 17.6 Å². The third-order valence-corrected chi connectivity index (χ3v) is 3.72. The molecule has 0 saturated heterocycles. The number of hydrogen-bond acceptors (Lipinski definition) is 3. The summed E-state index contributed by atoms with van der Waals surface area (Å²) in [5.74, 6) is -0.147. The zero-order chi connectivity index (χ0) is 18.4. The van der Waals surface area contributed by atoms with Crippen molar-refractivity contribution in [3.05, 3.63) is 63.1 Å². The lowest BCUT2D eigenvalue weighted by molar-refractivity contribution is -0.137. The Morgan fingerprint density at radius 1 is 1.28 bits per heavy atom. The minimum atomic E-state index is -4.44. The first-order chi connectivity index (χ1) is 11.8. The lowest BCUT2D eigenvalue weighted by Gasteiger charge is -2.07. The van der Waals surface area contributed by atoms with E-state index in [0.717, 1.165) is 18.3 Å². The van der Waals surface area contributed by atoms with Crippen LogP contribution in [0.5, 0.6) is 5.75 Å². The number of carbonyl (C=O) groups is 1. The molecule has 0 aliphatic rings. The van der Waals surface area contributed by atoms with Crippen molar-refractivity contribution < 1.29 is 22.7 Å². The average Bonchev–Trinajstić information content (AvgIpc) is 2.53. The maximum absolute atomic E-state index is 12.6. The second kappa shape index (κ2) is 8.35. The molecule has 1 amide bonds. The average molecular weight is 436 g/mol. The van der Waals surface area contributed by atoms with Crippen molar-refractivity contribution in [3.8, 4) is 5.75 Å². The molecule has 2 aromatic carbocycles. The van der Waals surface area contributed by atoms with Gasteiger partial charge in [0.25, 0.3) is 5.91 Å². The third kappa shape index (κ3) is 6.06. The van der Waals surface area contributed by atoms with Crippen LogP contribution in [0.4, 0.5) is 13.2 Å². The first kappa shape index (κ1) is 19.3. The molecule has 9 heteroatoms. The number of carbonyl (C=O) groups excluding carboxylic acids is 1. The van der Waals surface area contributed by atoms with Crippen LogP contribution in [0.1, 0.15) is 11.1 Å². The molecule has 2 aromatic rings. The molecule has 0 aliphatic carbocycles. The zero-order valence-electron chi connectivity index (χ0n) is 12.5. The first-order valence-corrected chi connectivity index (χ1v) is 8.00. The third-order valence-electron chi connectivity index (χ3n) is 2.87. The van der Waals surface area contributed by atoms with Crippen LogP contribution in [0, 0.1) is 0 Å². The summed E-state index contributed by atoms with van der Waals surface area (Å²) < 4.78 is 43.6. The normalized spacial score (nSPS) is 11.6. The van der Waals surface area contributed by atoms with Gasteiger partial charge in [-0.2, -0.15) is 18.3 Å². The molecule has 4 nitrogen and oxygen atoms in total. The van der Waals surface area contributed by atoms with E-state index in [1.54, 1.807) is 18.2 Å². The summed E-state index contributed by atoms with van der Waals surface area (Å²) in [6.07, 6.45) is -3.32. The van der Waals surface area contributed by atoms with Crippen LogP contribution in [0.25, 0.3) is 0 Å². The fourth-order valence-corrected chi connectivity index (χ4v) is 2.54. The molecular formula is C16H11BrClF3N2O2. The molecular weight excluding hydrogens is 425 g/mol. The van der Waals surface area contributed by atoms with Crippen molar-refractivity contribution >= 4 is 39.7 Å². The van der Waals surface area contributed by atoms with Gasteiger partial charge < -0.3 is 4.74 Å². The van der Waals surface area contributed by atoms with Gasteiger partial charge in [0, 0.05) is 5.02 Å². The van der Waals surface area contributed by atoms with E-state index in [2.05, 4.69) is 26.5 Å². The number of ether oxygens (including phenoxy) is 1. The topological polar surface area (TPSA) is 50.7 Å². The van der Waals surface area contributed by atoms with E-state index in [1.807, 2.05) is 0 Å². The maximum Gasteiger partial charge on any atom is 0.416 e. The molecule has 0 heterocycles. The molecule has 0 saturated carbocycles. The van der Waals surface area contributed by atoms with Gasteiger partial charge >= 0.3 is 6.18 Å². The Kier molecular flexibility index (Phi) is 6.44. The van der Waals surface area contributed by atoms with Crippen molar-refractivity contribution in [3.63, 3.8) is 0 Å². The van der Waals surface area contributed by atoms with Crippen molar-refractivity contribution in [2.24, 2.45) is 5.10 Å². The van der Waals surface area contributed by atoms with Crippen LogP contribution >= 0.6 is 27.5 Å². The van der Waals surface area contributed by atoms with Gasteiger partial charge in [0.05, 0.1) is 16.3 Å². The zero-order valence-corrected chi connectivity index (χ0v) is 14.8. The number of amides is 1. The molecule has 0 radical (unpaired) electrons. The lowest BCUT2D eigenvalue weighted by atomic mass is 10.1. The molecule has 1 N–H and O–H groups in total. The minimum Gasteiger partial charge on any atom is -0.483 e. The SMILES string of the molecule is O=C(COc1ccc(Cl)cc1Br)N/N=C/c1cccc(C(F)(F)F)c1. The second-order valence-electron chi connectivity index (χ2n) is 4.78. The highest BCUT2D eigenvalue weighted by Crippen LogP contribution is 2.29. The summed E-state index contributed by atoms with van der Waals surface area (Å²) >= 11 is 9.03. The maximum atomic E-state index is 12.6. The minimum absolute atomic E-state index is 0.205. The monoisotopic (exact) mass is 434 g/mol. The number of halogens is 5. The van der Waals surface area contributed by atoms with Crippen molar-refractivity contribution in [2.75, 3.05) is 6.61 Å². The number of rotatable bonds is 5. The summed E-state index contributed by atoms with van der Waals surface area (Å²) in [5, 5.41) is 4.12. The quantitative estimate of drug-likeness (QED) is 0.549. The molecule has 0 atom stereocenters. The van der Waals surface area contributed by atoms with Crippen molar-refractivity contribution in [1.82, 2.24) is 5.43 Å². The molecule has 0 fully saturated rings. The molecule has 2 rings (SSSR count). The predicted octanol–water partition coefficient (Wildman–Crippen LogP) is 4.65. The molecule has 25 heavy (non-hydrogen) atoms. The van der Waals surface area contributed by atoms with Gasteiger partial charge in [0.1, 0.15) is 5.75 Å². The standard InChI is InChI=1S/C16H11BrClF3N2O2/c17-13-7-12(18)4-5-14(13)25-9-15(24)23-22-8-10-2-1-3-11(6-10)16(19,20)21/h1-8H,9H2,(H,23,24)/b22-8+. The van der Waals surface area contributed by atoms with Gasteiger partial charge in [-0.1, -0.05) is 23.7 Å². The molecule has 0 aromatic heterocycles. The summed E-state index contributed by atoms with van der Waals surface area (Å²) in [6.45, 7) is -0.319. The van der Waals surface area contributed by atoms with Gasteiger partial charge in [-0.3, -0.25) is 4.79 Å². The van der Waals surface area contributed by atoms with Crippen LogP contribution in [0.2, 0.25) is 5.02 Å². The summed E-state index contributed by atoms with van der Waals surface area (Å²) in [6, 6.07) is 9.38. The smallest absolute Gasteiger partial charge is 0.416 e. The Morgan fingerprint density at radius 2 is 2.04 bits per heavy atom. The van der Waals surface area contributed by atoms with Gasteiger partial charge in [0.15, 0.2) is 6.61 Å². The molecule has 0 bridgehead atoms. The van der Waals surface area contributed by atoms with Crippen LogP contribution < -0.4 is 10.2 Å². The van der Waals surface area contributed by atoms with E-state index in [-0.39, 0.29) is 12.2 Å². The van der Waals surface area contributed by atoms with Crippen LogP contribution in [-0.2, 0) is 11.0 Å². The Labute approximate surface area is 154 Å². The van der Waals surface area contributed by atoms with Gasteiger partial charge in [0.2, 0.25) is 0 Å². The van der Waals surface area contributed by atoms with E-state index >= 15 is 0 Å². The Balaban J connectivity index is 1.88. The van der Waals surface area contributed by atoms with E-state index in [0.29, 0.717) is 15.2 Å². The molecule has 0 spiro atoms. The van der Waals surface area contributed by atoms with Gasteiger partial charge in [-0.15, -0.1) is 0 Å². The first-order valence-electron chi connectivity index (χ1n) is 6.83. The number of nitrogens with zero attached hydrogens (tertiary/aromatic N) is 1. The Hall–Kier alpha value is -2.06. The molecule has 0 aliphatic heterocycles. The highest BCUT2D eigenvalue weighted by atomic mass is 79.9. The molecule has 132 valence electrons. The van der Waals surface area contributed by atoms with E-state index in [9.17, 15) is 18.0 Å². The summed E-state index contributed by atoms with van der Waals surface area (Å²) in [7, 11) is 0. The predicted molar refractivity (Wildman–Crippen MR) is 91.8 cm³/mol. The van der Waals surface area contributed by atoms with Crippen LogP contribution in [0.3, 0.4) is 0 Å². The fourth-order valence-electron chi connectivity index (χ4n) is 1.74. The van der Waals surface area contributed by atoms with Crippen molar-refractivity contribution in [2.45, 2.75) is 6.18 Å². The Morgan fingerprint density at radius 3 is 2.72 bits per heavy atom. The largest absolute Gasteiger partial charge is 0.483 e. The van der Waals surface area contributed by atoms with Gasteiger partial charge in [-0.25, -0.2) is 5.43 Å². The van der Waals surface area contributed by atoms with E-state index in [1.165, 1.54) is 12.1 Å². The summed E-state index contributed by atoms with van der Waals surface area (Å²) in [5.41, 5.74) is 1.59. The molecule has 0 unspecified atom stereocenters. The van der Waals surface area contributed by atoms with Crippen LogP contribution in [0.15, 0.2) is 52.0 Å². The van der Waals surface area contributed by atoms with Gasteiger partial charge in [-0.05, 0) is 51.8 Å². The number of hydrogen-bond donors (Lipinski definition) is 1. The fraction of sp³-hybridized carbons (Fsp3) is 0.125. The number of alkyl halides is 3. The van der Waals surface area contributed by atoms with Crippen LogP contribution in [-0.4, -0.2) is 18.7 Å². The lowest BCUT2D eigenvalue weighted by Crippen LogP contribution is -2.24. The highest BCUT2D eigenvalue weighted by Gasteiger charge is 2.30. The number of benzene rings is 2. The Bertz CT molecular complexity index is 797. The van der Waals surface area contributed by atoms with E-state index in [4.69, 9.17) is 16.3 Å². The number of hydrazone groups is 1. The highest BCUT2D eigenvalue weighted by molar-refractivity contribution is 9.10. The van der Waals surface area contributed by atoms with Crippen molar-refractivity contribution in [1.29, 1.82) is 0 Å². The summed E-state index contributed by atoms with van der Waals surface area (Å²) in [4.78, 5) is 11.6.